The molecule has 0 aromatic heterocycles. The van der Waals surface area contributed by atoms with Crippen molar-refractivity contribution in [1.82, 2.24) is 4.90 Å². The zero-order valence-electron chi connectivity index (χ0n) is 12.4. The van der Waals surface area contributed by atoms with Crippen LogP contribution in [0.25, 0.3) is 0 Å². The Kier molecular flexibility index (Phi) is 4.35. The van der Waals surface area contributed by atoms with Crippen LogP contribution >= 0.6 is 0 Å². The summed E-state index contributed by atoms with van der Waals surface area (Å²) in [6.07, 6.45) is 6.73. The Morgan fingerprint density at radius 3 is 2.50 bits per heavy atom. The van der Waals surface area contributed by atoms with Crippen molar-refractivity contribution < 1.29 is 4.74 Å². The highest BCUT2D eigenvalue weighted by Crippen LogP contribution is 2.49. The third kappa shape index (κ3) is 2.33. The number of nitrogens with two attached hydrogens (primary N) is 1. The molecule has 0 spiro atoms. The van der Waals surface area contributed by atoms with Crippen LogP contribution in [0.4, 0.5) is 0 Å². The van der Waals surface area contributed by atoms with Gasteiger partial charge in [0.1, 0.15) is 0 Å². The molecule has 1 heterocycles. The second-order valence-corrected chi connectivity index (χ2v) is 6.65. The highest BCUT2D eigenvalue weighted by molar-refractivity contribution is 5.07. The Hall–Kier alpha value is -0.120. The number of hydrogen-bond donors (Lipinski definition) is 1. The summed E-state index contributed by atoms with van der Waals surface area (Å²) in [6, 6.07) is 0. The van der Waals surface area contributed by atoms with Gasteiger partial charge < -0.3 is 10.5 Å². The summed E-state index contributed by atoms with van der Waals surface area (Å²) in [6.45, 7) is 10.9. The van der Waals surface area contributed by atoms with Crippen LogP contribution in [0.3, 0.4) is 0 Å². The summed E-state index contributed by atoms with van der Waals surface area (Å²) in [7, 11) is 0. The Morgan fingerprint density at radius 2 is 2.06 bits per heavy atom. The van der Waals surface area contributed by atoms with Crippen LogP contribution in [0.15, 0.2) is 0 Å². The first kappa shape index (κ1) is 14.3. The molecule has 2 unspecified atom stereocenters. The van der Waals surface area contributed by atoms with Crippen molar-refractivity contribution in [1.29, 1.82) is 0 Å². The molecule has 106 valence electrons. The lowest BCUT2D eigenvalue weighted by Gasteiger charge is -2.50. The number of rotatable bonds is 5. The molecule has 2 atom stereocenters. The van der Waals surface area contributed by atoms with Gasteiger partial charge in [-0.3, -0.25) is 4.90 Å². The van der Waals surface area contributed by atoms with Gasteiger partial charge in [-0.25, -0.2) is 0 Å². The molecule has 2 rings (SSSR count). The van der Waals surface area contributed by atoms with E-state index >= 15 is 0 Å². The van der Waals surface area contributed by atoms with Gasteiger partial charge in [0, 0.05) is 25.2 Å². The molecule has 3 heteroatoms. The maximum absolute atomic E-state index is 6.21. The van der Waals surface area contributed by atoms with E-state index in [-0.39, 0.29) is 5.54 Å². The summed E-state index contributed by atoms with van der Waals surface area (Å²) < 4.78 is 5.82. The largest absolute Gasteiger partial charge is 0.377 e. The molecule has 1 aliphatic carbocycles. The smallest absolute Gasteiger partial charge is 0.0703 e. The van der Waals surface area contributed by atoms with E-state index in [2.05, 4.69) is 25.7 Å². The second kappa shape index (κ2) is 5.48. The van der Waals surface area contributed by atoms with Crippen LogP contribution < -0.4 is 5.73 Å². The fourth-order valence-corrected chi connectivity index (χ4v) is 4.13. The normalized spacial score (nSPS) is 35.5. The topological polar surface area (TPSA) is 38.5 Å². The first-order valence-corrected chi connectivity index (χ1v) is 7.62. The molecule has 3 nitrogen and oxygen atoms in total. The second-order valence-electron chi connectivity index (χ2n) is 6.65. The van der Waals surface area contributed by atoms with Crippen LogP contribution in [0.1, 0.15) is 52.9 Å². The Bertz CT molecular complexity index is 274. The minimum absolute atomic E-state index is 0.188. The summed E-state index contributed by atoms with van der Waals surface area (Å²) in [5.41, 5.74) is 6.73. The lowest BCUT2D eigenvalue weighted by Crippen LogP contribution is -2.61. The van der Waals surface area contributed by atoms with Crippen molar-refractivity contribution in [3.63, 3.8) is 0 Å². The maximum atomic E-state index is 6.21. The van der Waals surface area contributed by atoms with Crippen molar-refractivity contribution in [2.24, 2.45) is 11.1 Å². The Morgan fingerprint density at radius 1 is 1.28 bits per heavy atom. The van der Waals surface area contributed by atoms with E-state index in [0.29, 0.717) is 11.5 Å². The van der Waals surface area contributed by atoms with Crippen LogP contribution in [0.5, 0.6) is 0 Å². The molecular formula is C15H30N2O. The molecule has 0 amide bonds. The molecule has 2 N–H and O–H groups in total. The van der Waals surface area contributed by atoms with E-state index in [1.54, 1.807) is 0 Å². The van der Waals surface area contributed by atoms with E-state index in [9.17, 15) is 0 Å². The highest BCUT2D eigenvalue weighted by Gasteiger charge is 2.51. The van der Waals surface area contributed by atoms with Crippen LogP contribution in [0.2, 0.25) is 0 Å². The number of ether oxygens (including phenoxy) is 1. The molecule has 1 saturated carbocycles. The zero-order chi connectivity index (χ0) is 13.2. The third-order valence-corrected chi connectivity index (χ3v) is 5.42. The monoisotopic (exact) mass is 254 g/mol. The highest BCUT2D eigenvalue weighted by atomic mass is 16.5. The van der Waals surface area contributed by atoms with Gasteiger partial charge in [-0.2, -0.15) is 0 Å². The van der Waals surface area contributed by atoms with E-state index in [1.807, 2.05) is 0 Å². The molecular weight excluding hydrogens is 224 g/mol. The lowest BCUT2D eigenvalue weighted by atomic mass is 9.73. The van der Waals surface area contributed by atoms with Gasteiger partial charge in [0.15, 0.2) is 0 Å². The van der Waals surface area contributed by atoms with E-state index in [4.69, 9.17) is 10.5 Å². The number of likely N-dealkylation sites (N-methyl/N-ethyl adjacent to an activating group) is 1. The summed E-state index contributed by atoms with van der Waals surface area (Å²) in [4.78, 5) is 2.62. The van der Waals surface area contributed by atoms with Crippen molar-refractivity contribution in [3.05, 3.63) is 0 Å². The van der Waals surface area contributed by atoms with Crippen molar-refractivity contribution >= 4 is 0 Å². The minimum atomic E-state index is 0.188. The molecule has 2 fully saturated rings. The van der Waals surface area contributed by atoms with Crippen LogP contribution in [-0.2, 0) is 4.74 Å². The number of nitrogens with zero attached hydrogens (tertiary/aromatic N) is 1. The van der Waals surface area contributed by atoms with Gasteiger partial charge in [0.2, 0.25) is 0 Å². The Labute approximate surface area is 112 Å². The van der Waals surface area contributed by atoms with E-state index in [1.165, 1.54) is 32.1 Å². The van der Waals surface area contributed by atoms with Crippen molar-refractivity contribution in [2.45, 2.75) is 64.5 Å². The standard InChI is InChI=1S/C15H30N2O/c1-4-17(11-13-7-5-10-18-13)15(12-16)9-6-8-14(15,2)3/h13H,4-12,16H2,1-3H3. The van der Waals surface area contributed by atoms with Gasteiger partial charge in [-0.05, 0) is 37.6 Å². The molecule has 2 aliphatic rings. The molecule has 0 bridgehead atoms. The third-order valence-electron chi connectivity index (χ3n) is 5.42. The Balaban J connectivity index is 2.12. The quantitative estimate of drug-likeness (QED) is 0.819. The van der Waals surface area contributed by atoms with E-state index in [0.717, 1.165) is 26.2 Å². The molecule has 0 aromatic carbocycles. The fraction of sp³-hybridized carbons (Fsp3) is 1.00. The zero-order valence-corrected chi connectivity index (χ0v) is 12.4. The average Bonchev–Trinajstić information content (AvgIpc) is 2.94. The average molecular weight is 254 g/mol. The fourth-order valence-electron chi connectivity index (χ4n) is 4.13. The summed E-state index contributed by atoms with van der Waals surface area (Å²) >= 11 is 0. The van der Waals surface area contributed by atoms with Gasteiger partial charge in [-0.15, -0.1) is 0 Å². The summed E-state index contributed by atoms with van der Waals surface area (Å²) in [5, 5.41) is 0. The SMILES string of the molecule is CCN(CC1CCCO1)C1(CN)CCCC1(C)C. The minimum Gasteiger partial charge on any atom is -0.377 e. The van der Waals surface area contributed by atoms with Gasteiger partial charge in [0.25, 0.3) is 0 Å². The molecule has 1 aliphatic heterocycles. The van der Waals surface area contributed by atoms with Crippen LogP contribution in [0, 0.1) is 5.41 Å². The van der Waals surface area contributed by atoms with Crippen molar-refractivity contribution in [3.8, 4) is 0 Å². The molecule has 18 heavy (non-hydrogen) atoms. The van der Waals surface area contributed by atoms with Gasteiger partial charge in [0.05, 0.1) is 6.10 Å². The van der Waals surface area contributed by atoms with Gasteiger partial charge in [-0.1, -0.05) is 27.2 Å². The lowest BCUT2D eigenvalue weighted by molar-refractivity contribution is -0.0206. The predicted octanol–water partition coefficient (Wildman–Crippen LogP) is 2.39. The molecule has 1 saturated heterocycles. The van der Waals surface area contributed by atoms with E-state index < -0.39 is 0 Å². The number of hydrogen-bond acceptors (Lipinski definition) is 3. The van der Waals surface area contributed by atoms with Crippen LogP contribution in [-0.4, -0.2) is 42.8 Å². The van der Waals surface area contributed by atoms with Gasteiger partial charge >= 0.3 is 0 Å². The molecule has 0 aromatic rings. The first-order chi connectivity index (χ1) is 8.55. The predicted molar refractivity (Wildman–Crippen MR) is 75.6 cm³/mol. The summed E-state index contributed by atoms with van der Waals surface area (Å²) in [5.74, 6) is 0. The molecule has 0 radical (unpaired) electrons. The first-order valence-electron chi connectivity index (χ1n) is 7.62. The van der Waals surface area contributed by atoms with Crippen molar-refractivity contribution in [2.75, 3.05) is 26.2 Å². The maximum Gasteiger partial charge on any atom is 0.0703 e.